The van der Waals surface area contributed by atoms with Gasteiger partial charge in [-0.2, -0.15) is 0 Å². The maximum Gasteiger partial charge on any atom is 0.337 e. The second-order valence-electron chi connectivity index (χ2n) is 3.41. The van der Waals surface area contributed by atoms with E-state index in [1.807, 2.05) is 6.92 Å². The number of nitrogens with zero attached hydrogens (tertiary/aromatic N) is 1. The standard InChI is InChI=1S/C11H13BrN2O3/c1-3-14(2)11(17)13-9-7(10(15)16)5-4-6-8(9)12/h4-6H,3H2,1-2H3,(H,13,17)(H,15,16). The van der Waals surface area contributed by atoms with Crippen molar-refractivity contribution in [3.05, 3.63) is 28.2 Å². The average molecular weight is 301 g/mol. The summed E-state index contributed by atoms with van der Waals surface area (Å²) in [4.78, 5) is 24.1. The van der Waals surface area contributed by atoms with Crippen LogP contribution in [0.5, 0.6) is 0 Å². The highest BCUT2D eigenvalue weighted by atomic mass is 79.9. The van der Waals surface area contributed by atoms with Crippen LogP contribution in [-0.2, 0) is 0 Å². The van der Waals surface area contributed by atoms with Crippen LogP contribution in [0.3, 0.4) is 0 Å². The zero-order valence-electron chi connectivity index (χ0n) is 9.53. The number of carboxylic acids is 1. The van der Waals surface area contributed by atoms with Gasteiger partial charge in [-0.1, -0.05) is 6.07 Å². The lowest BCUT2D eigenvalue weighted by Gasteiger charge is -2.17. The molecule has 2 amide bonds. The Morgan fingerprint density at radius 2 is 2.12 bits per heavy atom. The van der Waals surface area contributed by atoms with Crippen molar-refractivity contribution in [2.75, 3.05) is 18.9 Å². The van der Waals surface area contributed by atoms with Gasteiger partial charge < -0.3 is 15.3 Å². The van der Waals surface area contributed by atoms with Gasteiger partial charge in [-0.3, -0.25) is 0 Å². The Kier molecular flexibility index (Phi) is 4.51. The predicted molar refractivity (Wildman–Crippen MR) is 68.4 cm³/mol. The maximum absolute atomic E-state index is 11.7. The molecule has 0 aliphatic carbocycles. The van der Waals surface area contributed by atoms with Crippen molar-refractivity contribution in [1.82, 2.24) is 4.90 Å². The van der Waals surface area contributed by atoms with E-state index in [-0.39, 0.29) is 17.3 Å². The third kappa shape index (κ3) is 3.20. The van der Waals surface area contributed by atoms with Crippen LogP contribution < -0.4 is 5.32 Å². The highest BCUT2D eigenvalue weighted by molar-refractivity contribution is 9.10. The molecule has 0 aliphatic heterocycles. The van der Waals surface area contributed by atoms with E-state index in [2.05, 4.69) is 21.2 Å². The molecule has 0 heterocycles. The molecule has 1 rings (SSSR count). The third-order valence-electron chi connectivity index (χ3n) is 2.30. The van der Waals surface area contributed by atoms with Gasteiger partial charge in [0.2, 0.25) is 0 Å². The van der Waals surface area contributed by atoms with Crippen LogP contribution in [-0.4, -0.2) is 35.6 Å². The van der Waals surface area contributed by atoms with Crippen molar-refractivity contribution in [3.63, 3.8) is 0 Å². The summed E-state index contributed by atoms with van der Waals surface area (Å²) in [6, 6.07) is 4.37. The number of hydrogen-bond acceptors (Lipinski definition) is 2. The Bertz CT molecular complexity index is 448. The molecule has 0 atom stereocenters. The van der Waals surface area contributed by atoms with Crippen LogP contribution in [0.4, 0.5) is 10.5 Å². The normalized spacial score (nSPS) is 9.82. The SMILES string of the molecule is CCN(C)C(=O)Nc1c(Br)cccc1C(=O)O. The summed E-state index contributed by atoms with van der Waals surface area (Å²) in [6.45, 7) is 2.37. The van der Waals surface area contributed by atoms with Gasteiger partial charge in [-0.05, 0) is 35.0 Å². The summed E-state index contributed by atoms with van der Waals surface area (Å²) in [5, 5.41) is 11.6. The minimum Gasteiger partial charge on any atom is -0.478 e. The van der Waals surface area contributed by atoms with Crippen LogP contribution in [0.2, 0.25) is 0 Å². The van der Waals surface area contributed by atoms with Gasteiger partial charge in [0.05, 0.1) is 11.3 Å². The van der Waals surface area contributed by atoms with Crippen LogP contribution >= 0.6 is 15.9 Å². The van der Waals surface area contributed by atoms with Crippen LogP contribution in [0.15, 0.2) is 22.7 Å². The maximum atomic E-state index is 11.7. The molecular weight excluding hydrogens is 288 g/mol. The molecule has 0 spiro atoms. The number of aromatic carboxylic acids is 1. The highest BCUT2D eigenvalue weighted by Crippen LogP contribution is 2.26. The minimum atomic E-state index is -1.08. The number of amides is 2. The number of hydrogen-bond donors (Lipinski definition) is 2. The lowest BCUT2D eigenvalue weighted by molar-refractivity contribution is 0.0698. The predicted octanol–water partition coefficient (Wildman–Crippen LogP) is 2.63. The Hall–Kier alpha value is -1.56. The van der Waals surface area contributed by atoms with Crippen LogP contribution in [0.1, 0.15) is 17.3 Å². The first-order valence-corrected chi connectivity index (χ1v) is 5.80. The molecule has 0 bridgehead atoms. The number of carboxylic acid groups (broad SMARTS) is 1. The molecule has 17 heavy (non-hydrogen) atoms. The fraction of sp³-hybridized carbons (Fsp3) is 0.273. The number of para-hydroxylation sites is 1. The summed E-state index contributed by atoms with van der Waals surface area (Å²) in [7, 11) is 1.63. The van der Waals surface area contributed by atoms with E-state index in [1.165, 1.54) is 11.0 Å². The molecule has 0 unspecified atom stereocenters. The van der Waals surface area contributed by atoms with Gasteiger partial charge >= 0.3 is 12.0 Å². The highest BCUT2D eigenvalue weighted by Gasteiger charge is 2.16. The summed E-state index contributed by atoms with van der Waals surface area (Å²) in [5.74, 6) is -1.08. The third-order valence-corrected chi connectivity index (χ3v) is 2.96. The lowest BCUT2D eigenvalue weighted by Crippen LogP contribution is -2.31. The zero-order chi connectivity index (χ0) is 13.0. The van der Waals surface area contributed by atoms with E-state index in [0.717, 1.165) is 0 Å². The van der Waals surface area contributed by atoms with E-state index in [0.29, 0.717) is 11.0 Å². The van der Waals surface area contributed by atoms with Gasteiger partial charge in [-0.15, -0.1) is 0 Å². The molecule has 6 heteroatoms. The summed E-state index contributed by atoms with van der Waals surface area (Å²) in [5.41, 5.74) is 0.322. The van der Waals surface area contributed by atoms with E-state index >= 15 is 0 Å². The van der Waals surface area contributed by atoms with Gasteiger partial charge in [0.15, 0.2) is 0 Å². The van der Waals surface area contributed by atoms with Crippen molar-refractivity contribution >= 4 is 33.6 Å². The van der Waals surface area contributed by atoms with Gasteiger partial charge in [-0.25, -0.2) is 9.59 Å². The molecule has 1 aromatic rings. The molecule has 0 radical (unpaired) electrons. The number of nitrogens with one attached hydrogen (secondary N) is 1. The molecule has 0 fully saturated rings. The van der Waals surface area contributed by atoms with Crippen LogP contribution in [0, 0.1) is 0 Å². The van der Waals surface area contributed by atoms with Crippen molar-refractivity contribution < 1.29 is 14.7 Å². The molecular formula is C11H13BrN2O3. The number of benzene rings is 1. The number of carbonyl (C=O) groups excluding carboxylic acids is 1. The molecule has 0 aliphatic rings. The number of carbonyl (C=O) groups is 2. The van der Waals surface area contributed by atoms with Crippen molar-refractivity contribution in [1.29, 1.82) is 0 Å². The van der Waals surface area contributed by atoms with E-state index in [4.69, 9.17) is 5.11 Å². The van der Waals surface area contributed by atoms with Crippen molar-refractivity contribution in [2.24, 2.45) is 0 Å². The monoisotopic (exact) mass is 300 g/mol. The first kappa shape index (κ1) is 13.5. The minimum absolute atomic E-state index is 0.0530. The summed E-state index contributed by atoms with van der Waals surface area (Å²) < 4.78 is 0.537. The van der Waals surface area contributed by atoms with E-state index in [1.54, 1.807) is 19.2 Å². The molecule has 0 aromatic heterocycles. The Morgan fingerprint density at radius 3 is 2.65 bits per heavy atom. The first-order chi connectivity index (χ1) is 7.97. The topological polar surface area (TPSA) is 69.6 Å². The largest absolute Gasteiger partial charge is 0.478 e. The summed E-state index contributed by atoms with van der Waals surface area (Å²) >= 11 is 3.22. The number of rotatable bonds is 3. The fourth-order valence-corrected chi connectivity index (χ4v) is 1.64. The second kappa shape index (κ2) is 5.67. The molecule has 92 valence electrons. The van der Waals surface area contributed by atoms with Gasteiger partial charge in [0.1, 0.15) is 0 Å². The number of anilines is 1. The van der Waals surface area contributed by atoms with Crippen LogP contribution in [0.25, 0.3) is 0 Å². The quantitative estimate of drug-likeness (QED) is 0.901. The lowest BCUT2D eigenvalue weighted by atomic mass is 10.2. The number of halogens is 1. The second-order valence-corrected chi connectivity index (χ2v) is 4.27. The Morgan fingerprint density at radius 1 is 1.47 bits per heavy atom. The van der Waals surface area contributed by atoms with Crippen molar-refractivity contribution in [2.45, 2.75) is 6.92 Å². The molecule has 1 aromatic carbocycles. The molecule has 0 saturated carbocycles. The molecule has 5 nitrogen and oxygen atoms in total. The summed E-state index contributed by atoms with van der Waals surface area (Å²) in [6.07, 6.45) is 0. The molecule has 2 N–H and O–H groups in total. The van der Waals surface area contributed by atoms with Crippen molar-refractivity contribution in [3.8, 4) is 0 Å². The average Bonchev–Trinajstić information content (AvgIpc) is 2.30. The zero-order valence-corrected chi connectivity index (χ0v) is 11.1. The first-order valence-electron chi connectivity index (χ1n) is 5.01. The Labute approximate surface area is 108 Å². The fourth-order valence-electron chi connectivity index (χ4n) is 1.18. The smallest absolute Gasteiger partial charge is 0.337 e. The van der Waals surface area contributed by atoms with Gasteiger partial charge in [0.25, 0.3) is 0 Å². The van der Waals surface area contributed by atoms with E-state index in [9.17, 15) is 9.59 Å². The van der Waals surface area contributed by atoms with E-state index < -0.39 is 5.97 Å². The Balaban J connectivity index is 3.05. The van der Waals surface area contributed by atoms with Gasteiger partial charge in [0, 0.05) is 18.1 Å². The molecule has 0 saturated heterocycles. The number of urea groups is 1.